The van der Waals surface area contributed by atoms with E-state index >= 15 is 0 Å². The second-order valence-corrected chi connectivity index (χ2v) is 20.9. The van der Waals surface area contributed by atoms with Gasteiger partial charge in [0.05, 0.1) is 0 Å². The normalized spacial score (nSPS) is 12.5. The van der Waals surface area contributed by atoms with E-state index in [9.17, 15) is 14.4 Å². The minimum atomic E-state index is -0.788. The fraction of sp³-hybridized carbons (Fsp3) is 0.776. The predicted octanol–water partition coefficient (Wildman–Crippen LogP) is 21.3. The van der Waals surface area contributed by atoms with Crippen LogP contribution in [0, 0.1) is 0 Å². The molecule has 6 nitrogen and oxygen atoms in total. The van der Waals surface area contributed by atoms with Crippen LogP contribution in [0.15, 0.2) is 72.9 Å². The van der Waals surface area contributed by atoms with Crippen LogP contribution in [-0.4, -0.2) is 37.2 Å². The number of carbonyl (C=O) groups is 3. The Kier molecular flexibility index (Phi) is 58.7. The zero-order chi connectivity index (χ0) is 52.9. The lowest BCUT2D eigenvalue weighted by molar-refractivity contribution is -0.167. The van der Waals surface area contributed by atoms with Crippen molar-refractivity contribution in [3.05, 3.63) is 72.9 Å². The lowest BCUT2D eigenvalue weighted by atomic mass is 10.0. The minimum Gasteiger partial charge on any atom is -0.462 e. The van der Waals surface area contributed by atoms with Gasteiger partial charge in [-0.2, -0.15) is 0 Å². The van der Waals surface area contributed by atoms with Gasteiger partial charge in [-0.25, -0.2) is 0 Å². The summed E-state index contributed by atoms with van der Waals surface area (Å²) < 4.78 is 16.9. The van der Waals surface area contributed by atoms with Gasteiger partial charge in [0.2, 0.25) is 0 Å². The third kappa shape index (κ3) is 59.6. The summed E-state index contributed by atoms with van der Waals surface area (Å²) in [4.78, 5) is 38.3. The molecule has 0 fully saturated rings. The molecule has 0 aliphatic rings. The zero-order valence-electron chi connectivity index (χ0n) is 48.4. The Labute approximate surface area is 453 Å². The van der Waals surface area contributed by atoms with E-state index in [1.54, 1.807) is 0 Å². The summed E-state index contributed by atoms with van der Waals surface area (Å²) in [7, 11) is 0. The van der Waals surface area contributed by atoms with Crippen LogP contribution in [0.1, 0.15) is 316 Å². The van der Waals surface area contributed by atoms with E-state index in [0.29, 0.717) is 19.3 Å². The Morgan fingerprint density at radius 3 is 0.836 bits per heavy atom. The van der Waals surface area contributed by atoms with E-state index in [4.69, 9.17) is 14.2 Å². The van der Waals surface area contributed by atoms with Gasteiger partial charge in [-0.15, -0.1) is 0 Å². The van der Waals surface area contributed by atoms with Crippen molar-refractivity contribution in [1.29, 1.82) is 0 Å². The topological polar surface area (TPSA) is 78.9 Å². The summed E-state index contributed by atoms with van der Waals surface area (Å²) in [5, 5.41) is 0. The smallest absolute Gasteiger partial charge is 0.306 e. The van der Waals surface area contributed by atoms with Gasteiger partial charge >= 0.3 is 17.9 Å². The molecule has 0 rings (SSSR count). The molecular formula is C67H118O6. The van der Waals surface area contributed by atoms with Crippen LogP contribution in [0.25, 0.3) is 0 Å². The predicted molar refractivity (Wildman–Crippen MR) is 316 cm³/mol. The minimum absolute atomic E-state index is 0.0856. The van der Waals surface area contributed by atoms with Gasteiger partial charge in [0.15, 0.2) is 6.10 Å². The van der Waals surface area contributed by atoms with Gasteiger partial charge in [0.1, 0.15) is 13.2 Å². The molecule has 0 aromatic carbocycles. The maximum Gasteiger partial charge on any atom is 0.306 e. The quantitative estimate of drug-likeness (QED) is 0.0261. The molecule has 0 heterocycles. The lowest BCUT2D eigenvalue weighted by Gasteiger charge is -2.18. The van der Waals surface area contributed by atoms with Crippen LogP contribution in [0.3, 0.4) is 0 Å². The molecule has 0 saturated carbocycles. The molecule has 0 bridgehead atoms. The Morgan fingerprint density at radius 2 is 0.534 bits per heavy atom. The molecule has 422 valence electrons. The zero-order valence-corrected chi connectivity index (χ0v) is 48.4. The summed E-state index contributed by atoms with van der Waals surface area (Å²) in [6, 6.07) is 0. The lowest BCUT2D eigenvalue weighted by Crippen LogP contribution is -2.30. The van der Waals surface area contributed by atoms with Crippen molar-refractivity contribution in [2.45, 2.75) is 322 Å². The van der Waals surface area contributed by atoms with Gasteiger partial charge in [-0.3, -0.25) is 14.4 Å². The highest BCUT2D eigenvalue weighted by Gasteiger charge is 2.19. The molecule has 1 atom stereocenters. The van der Waals surface area contributed by atoms with E-state index < -0.39 is 6.10 Å². The molecule has 0 aliphatic carbocycles. The average molecular weight is 1020 g/mol. The Bertz CT molecular complexity index is 1360. The van der Waals surface area contributed by atoms with E-state index in [0.717, 1.165) is 116 Å². The first kappa shape index (κ1) is 69.8. The summed E-state index contributed by atoms with van der Waals surface area (Å²) in [6.45, 7) is 6.53. The first-order valence-corrected chi connectivity index (χ1v) is 31.4. The number of ether oxygens (including phenoxy) is 3. The van der Waals surface area contributed by atoms with Gasteiger partial charge in [-0.05, 0) is 89.9 Å². The van der Waals surface area contributed by atoms with Gasteiger partial charge in [0, 0.05) is 19.3 Å². The standard InChI is InChI=1S/C67H118O6/c1-4-7-10-13-16-19-22-25-28-30-32-33-35-36-39-42-45-48-51-54-57-60-66(69)72-63-64(62-71-65(68)59-56-53-50-47-44-41-38-27-24-21-18-15-12-9-6-3)73-67(70)61-58-55-52-49-46-43-40-37-34-31-29-26-23-20-17-14-11-8-5-2/h9,12,18,21-22,25,27,30,32,35-36,38,64H,4-8,10-11,13-17,19-20,23-24,26,28-29,31,33-34,37,39-63H2,1-3H3/b12-9-,21-18-,25-22-,32-30-,36-35-,38-27-. The second kappa shape index (κ2) is 61.4. The fourth-order valence-electron chi connectivity index (χ4n) is 9.00. The molecule has 6 heteroatoms. The van der Waals surface area contributed by atoms with E-state index in [2.05, 4.69) is 93.7 Å². The fourth-order valence-corrected chi connectivity index (χ4v) is 9.00. The first-order chi connectivity index (χ1) is 36.0. The number of allylic oxidation sites excluding steroid dienone is 12. The molecule has 1 unspecified atom stereocenters. The molecule has 0 N–H and O–H groups in total. The highest BCUT2D eigenvalue weighted by Crippen LogP contribution is 2.17. The molecule has 0 aliphatic heterocycles. The van der Waals surface area contributed by atoms with Crippen molar-refractivity contribution in [2.75, 3.05) is 13.2 Å². The molecule has 0 spiro atoms. The van der Waals surface area contributed by atoms with Crippen molar-refractivity contribution in [3.63, 3.8) is 0 Å². The number of carbonyl (C=O) groups excluding carboxylic acids is 3. The van der Waals surface area contributed by atoms with E-state index in [1.165, 1.54) is 161 Å². The highest BCUT2D eigenvalue weighted by atomic mass is 16.6. The Balaban J connectivity index is 4.39. The number of rotatable bonds is 57. The summed E-state index contributed by atoms with van der Waals surface area (Å²) in [5.41, 5.74) is 0. The SMILES string of the molecule is CC/C=C\C/C=C\C/C=C\CCCCCCCC(=O)OCC(COC(=O)CCCCCCCC/C=C\C/C=C\C/C=C\CCCCCCC)OC(=O)CCCCCCCCCCCCCCCCCCCCC. The summed E-state index contributed by atoms with van der Waals surface area (Å²) in [5.74, 6) is -0.899. The van der Waals surface area contributed by atoms with Crippen molar-refractivity contribution in [3.8, 4) is 0 Å². The van der Waals surface area contributed by atoms with Crippen LogP contribution in [0.2, 0.25) is 0 Å². The average Bonchev–Trinajstić information content (AvgIpc) is 3.39. The maximum absolute atomic E-state index is 12.9. The number of hydrogen-bond acceptors (Lipinski definition) is 6. The van der Waals surface area contributed by atoms with E-state index in [-0.39, 0.29) is 31.1 Å². The van der Waals surface area contributed by atoms with Crippen LogP contribution < -0.4 is 0 Å². The van der Waals surface area contributed by atoms with Crippen LogP contribution in [0.5, 0.6) is 0 Å². The molecule has 0 amide bonds. The summed E-state index contributed by atoms with van der Waals surface area (Å²) >= 11 is 0. The third-order valence-electron chi connectivity index (χ3n) is 13.7. The maximum atomic E-state index is 12.9. The number of hydrogen-bond donors (Lipinski definition) is 0. The van der Waals surface area contributed by atoms with Crippen LogP contribution in [-0.2, 0) is 28.6 Å². The monoisotopic (exact) mass is 1020 g/mol. The molecule has 0 aromatic heterocycles. The van der Waals surface area contributed by atoms with Gasteiger partial charge < -0.3 is 14.2 Å². The van der Waals surface area contributed by atoms with Gasteiger partial charge in [0.25, 0.3) is 0 Å². The third-order valence-corrected chi connectivity index (χ3v) is 13.7. The first-order valence-electron chi connectivity index (χ1n) is 31.4. The largest absolute Gasteiger partial charge is 0.462 e. The van der Waals surface area contributed by atoms with E-state index in [1.807, 2.05) is 0 Å². The van der Waals surface area contributed by atoms with Crippen LogP contribution >= 0.6 is 0 Å². The second-order valence-electron chi connectivity index (χ2n) is 20.9. The van der Waals surface area contributed by atoms with Crippen molar-refractivity contribution in [1.82, 2.24) is 0 Å². The van der Waals surface area contributed by atoms with Crippen LogP contribution in [0.4, 0.5) is 0 Å². The molecule has 0 saturated heterocycles. The number of unbranched alkanes of at least 4 members (excludes halogenated alkanes) is 34. The molecule has 0 radical (unpaired) electrons. The highest BCUT2D eigenvalue weighted by molar-refractivity contribution is 5.71. The molecular weight excluding hydrogens is 901 g/mol. The Hall–Kier alpha value is -3.15. The van der Waals surface area contributed by atoms with Crippen molar-refractivity contribution >= 4 is 17.9 Å². The van der Waals surface area contributed by atoms with Gasteiger partial charge in [-0.1, -0.05) is 280 Å². The Morgan fingerprint density at radius 1 is 0.288 bits per heavy atom. The van der Waals surface area contributed by atoms with Crippen molar-refractivity contribution < 1.29 is 28.6 Å². The number of esters is 3. The summed E-state index contributed by atoms with van der Waals surface area (Å²) in [6.07, 6.45) is 79.0. The van der Waals surface area contributed by atoms with Crippen molar-refractivity contribution in [2.24, 2.45) is 0 Å². The molecule has 0 aromatic rings. The molecule has 73 heavy (non-hydrogen) atoms.